The highest BCUT2D eigenvalue weighted by Crippen LogP contribution is 2.31. The van der Waals surface area contributed by atoms with Gasteiger partial charge >= 0.3 is 6.18 Å². The SMILES string of the molecule is Nc1ccc(-c2ccc(C(F)(F)F)nc2)cc1O. The largest absolute Gasteiger partial charge is 0.506 e. The molecular formula is C12H9F3N2O. The van der Waals surface area contributed by atoms with E-state index in [9.17, 15) is 18.3 Å². The minimum atomic E-state index is -4.46. The van der Waals surface area contributed by atoms with Gasteiger partial charge in [0.25, 0.3) is 0 Å². The van der Waals surface area contributed by atoms with E-state index in [1.807, 2.05) is 0 Å². The van der Waals surface area contributed by atoms with Gasteiger partial charge in [0, 0.05) is 11.8 Å². The van der Waals surface area contributed by atoms with Crippen molar-refractivity contribution in [2.75, 3.05) is 5.73 Å². The van der Waals surface area contributed by atoms with Crippen LogP contribution in [0.25, 0.3) is 11.1 Å². The molecule has 0 spiro atoms. The molecule has 1 aromatic carbocycles. The molecule has 0 bridgehead atoms. The predicted octanol–water partition coefficient (Wildman–Crippen LogP) is 3.06. The molecule has 0 unspecified atom stereocenters. The lowest BCUT2D eigenvalue weighted by atomic mass is 10.1. The molecule has 0 aliphatic rings. The van der Waals surface area contributed by atoms with Crippen molar-refractivity contribution in [1.29, 1.82) is 0 Å². The molecule has 0 radical (unpaired) electrons. The summed E-state index contributed by atoms with van der Waals surface area (Å²) in [6, 6.07) is 6.63. The Labute approximate surface area is 101 Å². The number of aromatic nitrogens is 1. The molecule has 0 fully saturated rings. The van der Waals surface area contributed by atoms with Crippen LogP contribution in [0.4, 0.5) is 18.9 Å². The first-order valence-corrected chi connectivity index (χ1v) is 5.00. The second kappa shape index (κ2) is 4.21. The molecule has 0 atom stereocenters. The summed E-state index contributed by atoms with van der Waals surface area (Å²) < 4.78 is 37.0. The Bertz CT molecular complexity index is 565. The van der Waals surface area contributed by atoms with Crippen LogP contribution < -0.4 is 5.73 Å². The van der Waals surface area contributed by atoms with E-state index < -0.39 is 11.9 Å². The van der Waals surface area contributed by atoms with Crippen molar-refractivity contribution in [2.45, 2.75) is 6.18 Å². The molecule has 2 rings (SSSR count). The van der Waals surface area contributed by atoms with E-state index in [0.29, 0.717) is 11.1 Å². The summed E-state index contributed by atoms with van der Waals surface area (Å²) in [5, 5.41) is 9.42. The van der Waals surface area contributed by atoms with Gasteiger partial charge in [0.05, 0.1) is 5.69 Å². The maximum atomic E-state index is 12.3. The van der Waals surface area contributed by atoms with Gasteiger partial charge in [-0.05, 0) is 23.8 Å². The normalized spacial score (nSPS) is 11.5. The predicted molar refractivity (Wildman–Crippen MR) is 60.8 cm³/mol. The molecule has 3 nitrogen and oxygen atoms in total. The molecular weight excluding hydrogens is 245 g/mol. The molecule has 0 saturated heterocycles. The molecule has 0 amide bonds. The lowest BCUT2D eigenvalue weighted by molar-refractivity contribution is -0.141. The second-order valence-corrected chi connectivity index (χ2v) is 3.70. The van der Waals surface area contributed by atoms with E-state index in [4.69, 9.17) is 5.73 Å². The Morgan fingerprint density at radius 2 is 1.72 bits per heavy atom. The lowest BCUT2D eigenvalue weighted by Crippen LogP contribution is -2.07. The topological polar surface area (TPSA) is 59.1 Å². The Kier molecular flexibility index (Phi) is 2.86. The molecule has 2 aromatic rings. The van der Waals surface area contributed by atoms with Gasteiger partial charge < -0.3 is 10.8 Å². The quantitative estimate of drug-likeness (QED) is 0.607. The van der Waals surface area contributed by atoms with E-state index in [1.165, 1.54) is 18.2 Å². The highest BCUT2D eigenvalue weighted by Gasteiger charge is 2.32. The Balaban J connectivity index is 2.37. The number of aromatic hydroxyl groups is 1. The summed E-state index contributed by atoms with van der Waals surface area (Å²) in [6.07, 6.45) is -3.35. The van der Waals surface area contributed by atoms with Gasteiger partial charge in [-0.15, -0.1) is 0 Å². The number of rotatable bonds is 1. The third-order valence-electron chi connectivity index (χ3n) is 2.42. The first kappa shape index (κ1) is 12.2. The van der Waals surface area contributed by atoms with Crippen LogP contribution in [0.15, 0.2) is 36.5 Å². The summed E-state index contributed by atoms with van der Waals surface area (Å²) in [5.74, 6) is -0.118. The van der Waals surface area contributed by atoms with E-state index in [1.54, 1.807) is 6.07 Å². The average Bonchev–Trinajstić information content (AvgIpc) is 2.32. The fraction of sp³-hybridized carbons (Fsp3) is 0.0833. The number of benzene rings is 1. The van der Waals surface area contributed by atoms with Crippen molar-refractivity contribution in [3.63, 3.8) is 0 Å². The third-order valence-corrected chi connectivity index (χ3v) is 2.42. The standard InChI is InChI=1S/C12H9F3N2O/c13-12(14,15)11-4-2-8(6-17-11)7-1-3-9(16)10(18)5-7/h1-6,18H,16H2. The van der Waals surface area contributed by atoms with Crippen molar-refractivity contribution in [2.24, 2.45) is 0 Å². The zero-order chi connectivity index (χ0) is 13.3. The van der Waals surface area contributed by atoms with E-state index in [2.05, 4.69) is 4.98 Å². The number of phenolic OH excluding ortho intramolecular Hbond substituents is 1. The van der Waals surface area contributed by atoms with E-state index >= 15 is 0 Å². The van der Waals surface area contributed by atoms with Crippen LogP contribution in [-0.2, 0) is 6.18 Å². The number of nitrogen functional groups attached to an aromatic ring is 1. The summed E-state index contributed by atoms with van der Waals surface area (Å²) in [4.78, 5) is 3.34. The molecule has 0 saturated carbocycles. The maximum absolute atomic E-state index is 12.3. The van der Waals surface area contributed by atoms with Gasteiger partial charge in [-0.1, -0.05) is 12.1 Å². The summed E-state index contributed by atoms with van der Waals surface area (Å²) in [7, 11) is 0. The number of hydrogen-bond donors (Lipinski definition) is 2. The van der Waals surface area contributed by atoms with Crippen molar-refractivity contribution in [1.82, 2.24) is 4.98 Å². The fourth-order valence-electron chi connectivity index (χ4n) is 1.46. The molecule has 1 aromatic heterocycles. The molecule has 94 valence electrons. The number of hydrogen-bond acceptors (Lipinski definition) is 3. The first-order valence-electron chi connectivity index (χ1n) is 5.00. The molecule has 6 heteroatoms. The Morgan fingerprint density at radius 1 is 1.06 bits per heavy atom. The first-order chi connectivity index (χ1) is 8.38. The number of nitrogens with two attached hydrogens (primary N) is 1. The summed E-state index contributed by atoms with van der Waals surface area (Å²) in [5.41, 5.74) is 5.70. The maximum Gasteiger partial charge on any atom is 0.433 e. The van der Waals surface area contributed by atoms with Crippen LogP contribution in [0.5, 0.6) is 5.75 Å². The van der Waals surface area contributed by atoms with E-state index in [-0.39, 0.29) is 11.4 Å². The number of halogens is 3. The van der Waals surface area contributed by atoms with Crippen molar-refractivity contribution in [3.05, 3.63) is 42.2 Å². The lowest BCUT2D eigenvalue weighted by Gasteiger charge is -2.07. The van der Waals surface area contributed by atoms with Crippen molar-refractivity contribution in [3.8, 4) is 16.9 Å². The van der Waals surface area contributed by atoms with Gasteiger partial charge in [-0.2, -0.15) is 13.2 Å². The van der Waals surface area contributed by atoms with Crippen molar-refractivity contribution < 1.29 is 18.3 Å². The minimum absolute atomic E-state index is 0.118. The van der Waals surface area contributed by atoms with Crippen LogP contribution in [-0.4, -0.2) is 10.1 Å². The highest BCUT2D eigenvalue weighted by atomic mass is 19.4. The van der Waals surface area contributed by atoms with Crippen LogP contribution in [0, 0.1) is 0 Å². The van der Waals surface area contributed by atoms with Gasteiger partial charge in [0.1, 0.15) is 11.4 Å². The van der Waals surface area contributed by atoms with Crippen molar-refractivity contribution >= 4 is 5.69 Å². The zero-order valence-electron chi connectivity index (χ0n) is 9.07. The number of phenols is 1. The molecule has 0 aliphatic heterocycles. The third kappa shape index (κ3) is 2.37. The smallest absolute Gasteiger partial charge is 0.433 e. The number of alkyl halides is 3. The number of pyridine rings is 1. The van der Waals surface area contributed by atoms with Crippen LogP contribution >= 0.6 is 0 Å². The monoisotopic (exact) mass is 254 g/mol. The van der Waals surface area contributed by atoms with Crippen LogP contribution in [0.1, 0.15) is 5.69 Å². The van der Waals surface area contributed by atoms with E-state index in [0.717, 1.165) is 12.3 Å². The Hall–Kier alpha value is -2.24. The Morgan fingerprint density at radius 3 is 2.22 bits per heavy atom. The van der Waals surface area contributed by atoms with Crippen LogP contribution in [0.2, 0.25) is 0 Å². The molecule has 18 heavy (non-hydrogen) atoms. The average molecular weight is 254 g/mol. The zero-order valence-corrected chi connectivity index (χ0v) is 9.07. The summed E-state index contributed by atoms with van der Waals surface area (Å²) >= 11 is 0. The number of nitrogens with zero attached hydrogens (tertiary/aromatic N) is 1. The minimum Gasteiger partial charge on any atom is -0.506 e. The van der Waals surface area contributed by atoms with Gasteiger partial charge in [0.15, 0.2) is 0 Å². The van der Waals surface area contributed by atoms with Crippen LogP contribution in [0.3, 0.4) is 0 Å². The van der Waals surface area contributed by atoms with Gasteiger partial charge in [-0.3, -0.25) is 4.98 Å². The van der Waals surface area contributed by atoms with Gasteiger partial charge in [-0.25, -0.2) is 0 Å². The highest BCUT2D eigenvalue weighted by molar-refractivity contribution is 5.68. The fourth-order valence-corrected chi connectivity index (χ4v) is 1.46. The molecule has 3 N–H and O–H groups in total. The summed E-state index contributed by atoms with van der Waals surface area (Å²) in [6.45, 7) is 0. The second-order valence-electron chi connectivity index (χ2n) is 3.70. The molecule has 0 aliphatic carbocycles. The van der Waals surface area contributed by atoms with Gasteiger partial charge in [0.2, 0.25) is 0 Å². The number of anilines is 1. The molecule has 1 heterocycles.